The number of amides is 2. The molecule has 1 saturated heterocycles. The predicted molar refractivity (Wildman–Crippen MR) is 121 cm³/mol. The van der Waals surface area contributed by atoms with Crippen molar-refractivity contribution in [3.63, 3.8) is 0 Å². The van der Waals surface area contributed by atoms with Crippen LogP contribution in [0.2, 0.25) is 0 Å². The molecule has 0 N–H and O–H groups in total. The Morgan fingerprint density at radius 3 is 2.48 bits per heavy atom. The third-order valence-corrected chi connectivity index (χ3v) is 5.80. The van der Waals surface area contributed by atoms with Crippen LogP contribution < -0.4 is 19.1 Å². The molecule has 9 nitrogen and oxygen atoms in total. The number of carbonyl (C=O) groups is 3. The van der Waals surface area contributed by atoms with Crippen molar-refractivity contribution >= 4 is 23.3 Å². The van der Waals surface area contributed by atoms with Crippen LogP contribution in [0.5, 0.6) is 17.2 Å². The van der Waals surface area contributed by atoms with E-state index in [1.54, 1.807) is 41.3 Å². The molecule has 1 fully saturated rings. The van der Waals surface area contributed by atoms with Crippen LogP contribution >= 0.6 is 0 Å². The van der Waals surface area contributed by atoms with Gasteiger partial charge in [-0.15, -0.1) is 0 Å². The summed E-state index contributed by atoms with van der Waals surface area (Å²) in [6.45, 7) is 2.41. The Morgan fingerprint density at radius 1 is 1.03 bits per heavy atom. The molecule has 0 spiro atoms. The second-order valence-electron chi connectivity index (χ2n) is 8.00. The molecule has 0 radical (unpaired) electrons. The summed E-state index contributed by atoms with van der Waals surface area (Å²) in [5, 5.41) is 0. The van der Waals surface area contributed by atoms with Crippen LogP contribution in [0.4, 0.5) is 5.69 Å². The maximum absolute atomic E-state index is 12.8. The zero-order valence-corrected chi connectivity index (χ0v) is 18.8. The predicted octanol–water partition coefficient (Wildman–Crippen LogP) is 1.46. The van der Waals surface area contributed by atoms with Gasteiger partial charge in [-0.1, -0.05) is 12.1 Å². The fraction of sp³-hybridized carbons (Fsp3) is 0.375. The molecule has 2 aromatic rings. The van der Waals surface area contributed by atoms with Gasteiger partial charge in [0.15, 0.2) is 30.5 Å². The minimum Gasteiger partial charge on any atom is -0.493 e. The molecule has 4 rings (SSSR count). The quantitative estimate of drug-likeness (QED) is 0.587. The number of rotatable bonds is 7. The zero-order valence-electron chi connectivity index (χ0n) is 18.8. The van der Waals surface area contributed by atoms with E-state index < -0.39 is 0 Å². The summed E-state index contributed by atoms with van der Waals surface area (Å²) in [5.74, 6) is 0.739. The number of ketones is 1. The molecule has 174 valence electrons. The SMILES string of the molecule is COc1ccccc1OCC(=O)c1ccc2c(c1)N(CC(=O)N1CCN(C)CC1)C(=O)CO2. The van der Waals surface area contributed by atoms with Crippen molar-refractivity contribution in [3.8, 4) is 17.2 Å². The number of methoxy groups -OCH3 is 1. The van der Waals surface area contributed by atoms with E-state index >= 15 is 0 Å². The Morgan fingerprint density at radius 2 is 1.76 bits per heavy atom. The van der Waals surface area contributed by atoms with E-state index in [9.17, 15) is 14.4 Å². The standard InChI is InChI=1S/C24H27N3O6/c1-25-9-11-26(12-10-25)23(29)14-27-18-13-17(7-8-20(18)33-16-24(27)30)19(28)15-32-22-6-4-3-5-21(22)31-2/h3-8,13H,9-12,14-16H2,1-2H3. The zero-order chi connectivity index (χ0) is 23.4. The van der Waals surface area contributed by atoms with Crippen LogP contribution in [0.1, 0.15) is 10.4 Å². The van der Waals surface area contributed by atoms with Gasteiger partial charge in [0, 0.05) is 31.7 Å². The lowest BCUT2D eigenvalue weighted by atomic mass is 10.1. The summed E-state index contributed by atoms with van der Waals surface area (Å²) >= 11 is 0. The van der Waals surface area contributed by atoms with Crippen LogP contribution in [-0.2, 0) is 9.59 Å². The Balaban J connectivity index is 1.48. The van der Waals surface area contributed by atoms with Gasteiger partial charge in [-0.25, -0.2) is 0 Å². The number of ether oxygens (including phenoxy) is 3. The van der Waals surface area contributed by atoms with Gasteiger partial charge >= 0.3 is 0 Å². The minimum atomic E-state index is -0.320. The lowest BCUT2D eigenvalue weighted by Gasteiger charge is -2.35. The van der Waals surface area contributed by atoms with Gasteiger partial charge in [-0.3, -0.25) is 19.3 Å². The second kappa shape index (κ2) is 9.91. The largest absolute Gasteiger partial charge is 0.493 e. The first-order valence-corrected chi connectivity index (χ1v) is 10.8. The van der Waals surface area contributed by atoms with Gasteiger partial charge in [0.1, 0.15) is 12.3 Å². The third kappa shape index (κ3) is 5.09. The minimum absolute atomic E-state index is 0.0890. The van der Waals surface area contributed by atoms with Crippen molar-refractivity contribution in [3.05, 3.63) is 48.0 Å². The molecular formula is C24H27N3O6. The monoisotopic (exact) mass is 453 g/mol. The van der Waals surface area contributed by atoms with Gasteiger partial charge in [-0.05, 0) is 37.4 Å². The average molecular weight is 453 g/mol. The molecule has 0 aromatic heterocycles. The molecule has 2 amide bonds. The van der Waals surface area contributed by atoms with E-state index in [-0.39, 0.29) is 37.4 Å². The molecule has 0 saturated carbocycles. The lowest BCUT2D eigenvalue weighted by Crippen LogP contribution is -2.52. The van der Waals surface area contributed by atoms with E-state index in [4.69, 9.17) is 14.2 Å². The highest BCUT2D eigenvalue weighted by Crippen LogP contribution is 2.33. The van der Waals surface area contributed by atoms with Crippen molar-refractivity contribution in [2.24, 2.45) is 0 Å². The highest BCUT2D eigenvalue weighted by Gasteiger charge is 2.30. The number of hydrogen-bond donors (Lipinski definition) is 0. The molecule has 2 heterocycles. The molecule has 0 atom stereocenters. The van der Waals surface area contributed by atoms with Crippen molar-refractivity contribution < 1.29 is 28.6 Å². The highest BCUT2D eigenvalue weighted by atomic mass is 16.5. The van der Waals surface area contributed by atoms with Gasteiger partial charge in [0.2, 0.25) is 5.91 Å². The van der Waals surface area contributed by atoms with E-state index in [0.29, 0.717) is 41.6 Å². The maximum Gasteiger partial charge on any atom is 0.265 e. The number of piperazine rings is 1. The molecule has 33 heavy (non-hydrogen) atoms. The normalized spacial score (nSPS) is 16.1. The summed E-state index contributed by atoms with van der Waals surface area (Å²) in [5.41, 5.74) is 0.774. The first kappa shape index (κ1) is 22.6. The number of carbonyl (C=O) groups excluding carboxylic acids is 3. The summed E-state index contributed by atoms with van der Waals surface area (Å²) in [7, 11) is 3.54. The first-order valence-electron chi connectivity index (χ1n) is 10.8. The van der Waals surface area contributed by atoms with Crippen molar-refractivity contribution in [1.29, 1.82) is 0 Å². The number of fused-ring (bicyclic) bond motifs is 1. The van der Waals surface area contributed by atoms with Crippen LogP contribution in [0.3, 0.4) is 0 Å². The van der Waals surface area contributed by atoms with Gasteiger partial charge < -0.3 is 24.0 Å². The molecule has 0 unspecified atom stereocenters. The van der Waals surface area contributed by atoms with Gasteiger partial charge in [0.25, 0.3) is 5.91 Å². The van der Waals surface area contributed by atoms with Crippen molar-refractivity contribution in [2.45, 2.75) is 0 Å². The van der Waals surface area contributed by atoms with E-state index in [0.717, 1.165) is 13.1 Å². The topological polar surface area (TPSA) is 88.6 Å². The number of para-hydroxylation sites is 2. The molecule has 9 heteroatoms. The fourth-order valence-electron chi connectivity index (χ4n) is 3.80. The summed E-state index contributed by atoms with van der Waals surface area (Å²) in [6.07, 6.45) is 0. The molecule has 2 aromatic carbocycles. The molecular weight excluding hydrogens is 426 g/mol. The number of anilines is 1. The Hall–Kier alpha value is -3.59. The average Bonchev–Trinajstić information content (AvgIpc) is 2.84. The van der Waals surface area contributed by atoms with E-state index in [1.807, 2.05) is 13.1 Å². The molecule has 2 aliphatic heterocycles. The highest BCUT2D eigenvalue weighted by molar-refractivity contribution is 6.04. The summed E-state index contributed by atoms with van der Waals surface area (Å²) in [6, 6.07) is 11.9. The second-order valence-corrected chi connectivity index (χ2v) is 8.00. The number of Topliss-reactive ketones (excluding diaryl/α,β-unsaturated/α-hetero) is 1. The van der Waals surface area contributed by atoms with Crippen LogP contribution in [0, 0.1) is 0 Å². The summed E-state index contributed by atoms with van der Waals surface area (Å²) in [4.78, 5) is 43.6. The lowest BCUT2D eigenvalue weighted by molar-refractivity contribution is -0.133. The molecule has 0 aliphatic carbocycles. The van der Waals surface area contributed by atoms with Crippen LogP contribution in [0.25, 0.3) is 0 Å². The smallest absolute Gasteiger partial charge is 0.265 e. The Labute approximate surface area is 192 Å². The van der Waals surface area contributed by atoms with E-state index in [1.165, 1.54) is 12.0 Å². The number of hydrogen-bond acceptors (Lipinski definition) is 7. The summed E-state index contributed by atoms with van der Waals surface area (Å²) < 4.78 is 16.4. The van der Waals surface area contributed by atoms with E-state index in [2.05, 4.69) is 4.90 Å². The molecule has 0 bridgehead atoms. The van der Waals surface area contributed by atoms with Crippen molar-refractivity contribution in [1.82, 2.24) is 9.80 Å². The maximum atomic E-state index is 12.8. The van der Waals surface area contributed by atoms with Gasteiger partial charge in [0.05, 0.1) is 12.8 Å². The fourth-order valence-corrected chi connectivity index (χ4v) is 3.80. The first-order chi connectivity index (χ1) is 16.0. The Kier molecular flexibility index (Phi) is 6.79. The van der Waals surface area contributed by atoms with Crippen LogP contribution in [-0.4, -0.2) is 87.5 Å². The Bertz CT molecular complexity index is 1050. The number of benzene rings is 2. The van der Waals surface area contributed by atoms with Gasteiger partial charge in [-0.2, -0.15) is 0 Å². The molecule has 2 aliphatic rings. The van der Waals surface area contributed by atoms with Crippen LogP contribution in [0.15, 0.2) is 42.5 Å². The number of nitrogens with zero attached hydrogens (tertiary/aromatic N) is 3. The third-order valence-electron chi connectivity index (χ3n) is 5.80. The number of likely N-dealkylation sites (N-methyl/N-ethyl adjacent to an activating group) is 1. The van der Waals surface area contributed by atoms with Crippen molar-refractivity contribution in [2.75, 3.05) is 65.0 Å².